The molecule has 1 aliphatic rings. The number of aldehydes is 1. The zero-order chi connectivity index (χ0) is 11.1. The Morgan fingerprint density at radius 1 is 1.20 bits per heavy atom. The quantitative estimate of drug-likeness (QED) is 0.691. The summed E-state index contributed by atoms with van der Waals surface area (Å²) in [4.78, 5) is 10.3. The van der Waals surface area contributed by atoms with Gasteiger partial charge >= 0.3 is 6.18 Å². The van der Waals surface area contributed by atoms with Crippen LogP contribution in [0.5, 0.6) is 0 Å². The van der Waals surface area contributed by atoms with Crippen LogP contribution in [0.25, 0.3) is 0 Å². The molecule has 0 aromatic heterocycles. The summed E-state index contributed by atoms with van der Waals surface area (Å²) in [6.07, 6.45) is -3.24. The topological polar surface area (TPSA) is 17.1 Å². The Balaban J connectivity index is 2.10. The van der Waals surface area contributed by atoms with Crippen LogP contribution in [0.4, 0.5) is 13.2 Å². The van der Waals surface area contributed by atoms with Gasteiger partial charge in [-0.3, -0.25) is 4.79 Å². The Morgan fingerprint density at radius 2 is 1.80 bits per heavy atom. The van der Waals surface area contributed by atoms with Crippen LogP contribution >= 0.6 is 0 Å². The van der Waals surface area contributed by atoms with Crippen LogP contribution in [0, 0.1) is 5.92 Å². The SMILES string of the molecule is O=Cc1ccc(C2CC2C(F)(F)F)cc1. The third-order valence-corrected chi connectivity index (χ3v) is 2.71. The third-order valence-electron chi connectivity index (χ3n) is 2.71. The van der Waals surface area contributed by atoms with Gasteiger partial charge in [0.1, 0.15) is 6.29 Å². The molecule has 0 aliphatic heterocycles. The summed E-state index contributed by atoms with van der Waals surface area (Å²) in [5, 5.41) is 0. The third kappa shape index (κ3) is 2.03. The first-order valence-electron chi connectivity index (χ1n) is 4.64. The van der Waals surface area contributed by atoms with Crippen LogP contribution in [0.3, 0.4) is 0 Å². The molecule has 1 fully saturated rings. The molecule has 1 aliphatic carbocycles. The van der Waals surface area contributed by atoms with E-state index < -0.39 is 18.0 Å². The molecular formula is C11H9F3O. The van der Waals surface area contributed by atoms with Crippen LogP contribution in [0.1, 0.15) is 28.3 Å². The molecule has 0 N–H and O–H groups in total. The Hall–Kier alpha value is -1.32. The first kappa shape index (κ1) is 10.2. The van der Waals surface area contributed by atoms with Gasteiger partial charge in [0.05, 0.1) is 5.92 Å². The average Bonchev–Trinajstić information content (AvgIpc) is 2.97. The lowest BCUT2D eigenvalue weighted by atomic mass is 10.1. The molecule has 2 unspecified atom stereocenters. The van der Waals surface area contributed by atoms with Gasteiger partial charge in [0, 0.05) is 5.56 Å². The second-order valence-electron chi connectivity index (χ2n) is 3.77. The standard InChI is InChI=1S/C11H9F3O/c12-11(13,14)10-5-9(10)8-3-1-7(6-15)2-4-8/h1-4,6,9-10H,5H2. The average molecular weight is 214 g/mol. The maximum Gasteiger partial charge on any atom is 0.392 e. The molecule has 1 nitrogen and oxygen atoms in total. The molecule has 4 heteroatoms. The first-order valence-corrected chi connectivity index (χ1v) is 4.64. The van der Waals surface area contributed by atoms with E-state index in [1.54, 1.807) is 24.3 Å². The van der Waals surface area contributed by atoms with Gasteiger partial charge in [-0.15, -0.1) is 0 Å². The molecule has 1 saturated carbocycles. The van der Waals surface area contributed by atoms with E-state index >= 15 is 0 Å². The van der Waals surface area contributed by atoms with Crippen molar-refractivity contribution in [3.05, 3.63) is 35.4 Å². The Bertz CT molecular complexity index is 366. The fourth-order valence-corrected chi connectivity index (χ4v) is 1.75. The highest BCUT2D eigenvalue weighted by Crippen LogP contribution is 2.55. The zero-order valence-corrected chi connectivity index (χ0v) is 7.79. The number of hydrogen-bond acceptors (Lipinski definition) is 1. The second kappa shape index (κ2) is 3.36. The molecular weight excluding hydrogens is 205 g/mol. The number of carbonyl (C=O) groups is 1. The first-order chi connectivity index (χ1) is 7.02. The number of alkyl halides is 3. The molecule has 0 heterocycles. The molecule has 1 aromatic carbocycles. The van der Waals surface area contributed by atoms with Crippen LogP contribution in [0.15, 0.2) is 24.3 Å². The summed E-state index contributed by atoms with van der Waals surface area (Å²) in [7, 11) is 0. The highest BCUT2D eigenvalue weighted by molar-refractivity contribution is 5.74. The van der Waals surface area contributed by atoms with Gasteiger partial charge < -0.3 is 0 Å². The predicted molar refractivity (Wildman–Crippen MR) is 48.7 cm³/mol. The van der Waals surface area contributed by atoms with E-state index in [9.17, 15) is 18.0 Å². The van der Waals surface area contributed by atoms with Crippen molar-refractivity contribution in [1.82, 2.24) is 0 Å². The fourth-order valence-electron chi connectivity index (χ4n) is 1.75. The molecule has 0 amide bonds. The molecule has 2 rings (SSSR count). The molecule has 0 radical (unpaired) electrons. The van der Waals surface area contributed by atoms with Gasteiger partial charge in [-0.2, -0.15) is 13.2 Å². The fraction of sp³-hybridized carbons (Fsp3) is 0.364. The van der Waals surface area contributed by atoms with Crippen molar-refractivity contribution in [2.24, 2.45) is 5.92 Å². The highest BCUT2D eigenvalue weighted by Gasteiger charge is 2.55. The largest absolute Gasteiger partial charge is 0.392 e. The lowest BCUT2D eigenvalue weighted by Crippen LogP contribution is -2.11. The van der Waals surface area contributed by atoms with Gasteiger partial charge in [-0.25, -0.2) is 0 Å². The van der Waals surface area contributed by atoms with Crippen molar-refractivity contribution in [2.45, 2.75) is 18.5 Å². The zero-order valence-electron chi connectivity index (χ0n) is 7.79. The summed E-state index contributed by atoms with van der Waals surface area (Å²) in [5.74, 6) is -1.61. The maximum atomic E-state index is 12.3. The summed E-state index contributed by atoms with van der Waals surface area (Å²) >= 11 is 0. The normalized spacial score (nSPS) is 25.0. The van der Waals surface area contributed by atoms with E-state index in [0.717, 1.165) is 0 Å². The van der Waals surface area contributed by atoms with Crippen molar-refractivity contribution in [3.63, 3.8) is 0 Å². The van der Waals surface area contributed by atoms with E-state index in [0.29, 0.717) is 17.4 Å². The van der Waals surface area contributed by atoms with Gasteiger partial charge in [0.15, 0.2) is 0 Å². The minimum atomic E-state index is -4.09. The Kier molecular flexibility index (Phi) is 2.29. The van der Waals surface area contributed by atoms with E-state index in [1.807, 2.05) is 0 Å². The van der Waals surface area contributed by atoms with E-state index in [1.165, 1.54) is 0 Å². The van der Waals surface area contributed by atoms with Gasteiger partial charge in [-0.05, 0) is 17.9 Å². The van der Waals surface area contributed by atoms with Crippen molar-refractivity contribution in [3.8, 4) is 0 Å². The summed E-state index contributed by atoms with van der Waals surface area (Å²) < 4.78 is 36.8. The highest BCUT2D eigenvalue weighted by atomic mass is 19.4. The molecule has 15 heavy (non-hydrogen) atoms. The molecule has 0 saturated heterocycles. The van der Waals surface area contributed by atoms with Crippen LogP contribution in [-0.2, 0) is 0 Å². The number of carbonyl (C=O) groups excluding carboxylic acids is 1. The van der Waals surface area contributed by atoms with Crippen LogP contribution in [-0.4, -0.2) is 12.5 Å². The lowest BCUT2D eigenvalue weighted by Gasteiger charge is -2.05. The molecule has 1 aromatic rings. The van der Waals surface area contributed by atoms with E-state index in [4.69, 9.17) is 0 Å². The monoisotopic (exact) mass is 214 g/mol. The summed E-state index contributed by atoms with van der Waals surface area (Å²) in [6.45, 7) is 0. The second-order valence-corrected chi connectivity index (χ2v) is 3.77. The van der Waals surface area contributed by atoms with Crippen molar-refractivity contribution >= 4 is 6.29 Å². The Morgan fingerprint density at radius 3 is 2.20 bits per heavy atom. The Labute approximate surface area is 84.9 Å². The number of benzene rings is 1. The van der Waals surface area contributed by atoms with Gasteiger partial charge in [0.2, 0.25) is 0 Å². The van der Waals surface area contributed by atoms with E-state index in [2.05, 4.69) is 0 Å². The summed E-state index contributed by atoms with van der Waals surface area (Å²) in [5.41, 5.74) is 1.16. The molecule has 2 atom stereocenters. The van der Waals surface area contributed by atoms with Crippen LogP contribution in [0.2, 0.25) is 0 Å². The minimum absolute atomic E-state index is 0.171. The van der Waals surface area contributed by atoms with Gasteiger partial charge in [0.25, 0.3) is 0 Å². The predicted octanol–water partition coefficient (Wildman–Crippen LogP) is 3.16. The van der Waals surface area contributed by atoms with Gasteiger partial charge in [-0.1, -0.05) is 24.3 Å². The molecule has 0 bridgehead atoms. The smallest absolute Gasteiger partial charge is 0.298 e. The summed E-state index contributed by atoms with van der Waals surface area (Å²) in [6, 6.07) is 6.29. The maximum absolute atomic E-state index is 12.3. The van der Waals surface area contributed by atoms with Crippen LogP contribution < -0.4 is 0 Å². The van der Waals surface area contributed by atoms with Crippen molar-refractivity contribution < 1.29 is 18.0 Å². The van der Waals surface area contributed by atoms with E-state index in [-0.39, 0.29) is 6.42 Å². The van der Waals surface area contributed by atoms with Crippen molar-refractivity contribution in [1.29, 1.82) is 0 Å². The minimum Gasteiger partial charge on any atom is -0.298 e. The number of rotatable bonds is 2. The molecule has 0 spiro atoms. The van der Waals surface area contributed by atoms with Crippen molar-refractivity contribution in [2.75, 3.05) is 0 Å². The molecule has 80 valence electrons. The number of hydrogen-bond donors (Lipinski definition) is 0. The number of halogens is 3. The lowest BCUT2D eigenvalue weighted by molar-refractivity contribution is -0.148.